The van der Waals surface area contributed by atoms with Crippen molar-refractivity contribution in [2.75, 3.05) is 155 Å². The van der Waals surface area contributed by atoms with Gasteiger partial charge in [0.1, 0.15) is 0 Å². The zero-order chi connectivity index (χ0) is 155. The van der Waals surface area contributed by atoms with E-state index in [9.17, 15) is 50.5 Å². The minimum atomic E-state index is -5.60. The molecule has 12 rings (SSSR count). The van der Waals surface area contributed by atoms with E-state index in [4.69, 9.17) is 111 Å². The molecule has 6 atom stereocenters. The van der Waals surface area contributed by atoms with Crippen molar-refractivity contribution in [3.05, 3.63) is 178 Å². The number of sulfone groups is 6. The summed E-state index contributed by atoms with van der Waals surface area (Å²) < 4.78 is 806. The molecular weight excluding hydrogens is 1550 g/mol. The Morgan fingerprint density at radius 2 is 0.605 bits per heavy atom. The van der Waals surface area contributed by atoms with Gasteiger partial charge in [0.25, 0.3) is 0 Å². The zero-order valence-corrected chi connectivity index (χ0v) is 67.5. The molecule has 0 aliphatic carbocycles. The Morgan fingerprint density at radius 1 is 0.351 bits per heavy atom. The van der Waals surface area contributed by atoms with Gasteiger partial charge in [0.2, 0.25) is 0 Å². The molecule has 18 nitrogen and oxygen atoms in total. The van der Waals surface area contributed by atoms with Crippen LogP contribution in [0.4, 0.5) is 0 Å². The maximum absolute atomic E-state index is 12.7. The molecule has 0 amide bonds. The van der Waals surface area contributed by atoms with Crippen molar-refractivity contribution in [3.8, 4) is 0 Å². The third kappa shape index (κ3) is 32.1. The Morgan fingerprint density at radius 3 is 0.895 bits per heavy atom. The van der Waals surface area contributed by atoms with E-state index < -0.39 is 476 Å². The van der Waals surface area contributed by atoms with Crippen LogP contribution in [0.15, 0.2) is 174 Å². The van der Waals surface area contributed by atoms with Crippen molar-refractivity contribution in [1.29, 1.82) is 0 Å². The maximum Gasteiger partial charge on any atom is 0.175 e. The third-order valence-electron chi connectivity index (χ3n) is 14.7. The molecule has 6 fully saturated rings. The molecule has 24 heteroatoms. The molecule has 6 heterocycles. The molecule has 114 heavy (non-hydrogen) atoms. The van der Waals surface area contributed by atoms with Crippen molar-refractivity contribution in [2.24, 2.45) is 0 Å². The van der Waals surface area contributed by atoms with Crippen LogP contribution in [0.25, 0.3) is 0 Å². The van der Waals surface area contributed by atoms with Crippen LogP contribution in [-0.2, 0) is 59.0 Å². The van der Waals surface area contributed by atoms with E-state index in [0.717, 1.165) is 6.92 Å². The van der Waals surface area contributed by atoms with E-state index >= 15 is 0 Å². The predicted molar refractivity (Wildman–Crippen MR) is 470 cm³/mol. The molecule has 0 spiro atoms. The lowest BCUT2D eigenvalue weighted by atomic mass is 9.90. The second-order valence-electron chi connectivity index (χ2n) is 23.8. The fourth-order valence-corrected chi connectivity index (χ4v) is 12.6. The van der Waals surface area contributed by atoms with Gasteiger partial charge >= 0.3 is 0 Å². The predicted octanol–water partition coefficient (Wildman–Crippen LogP) is 16.1. The Balaban J connectivity index is 0.000000311. The quantitative estimate of drug-likeness (QED) is 0.0549. The Hall–Kier alpha value is -5.22. The molecule has 0 aromatic heterocycles. The summed E-state index contributed by atoms with van der Waals surface area (Å²) >= 11 is 0. The Bertz CT molecular complexity index is 8950. The zero-order valence-electron chi connectivity index (χ0n) is 144. The SMILES string of the molecule is [2H]c1c([2H])c([C@@H]2CCCN(C([2H])([2H])C([2H])([2H])C)C2)c([2H])c(S(=O)(=O)C([2H])([2H])[2H])c1[2H].[2H]c1c([2H])c([C@@H]2CCCN(C([2H])([2H])CC)C2)c([2H])c(S(=O)(=O)C([2H])([2H])[2H])c1[2H].[2H]c1c([2H])c([C@@]2([2H])C([2H])([2H])N(C([2H])([2H])C([2H])([2H])C)C([2H])([2H])C([2H])([2H])C2([2H])[2H])c([2H])c(S(C)(=O)=O)c1[2H].[2H]c1c([2H])c([C@@]2([2H])C([2H])([2H])N(C([2H])([2H])CC)C([2H])([2H])C([2H])([2H])C2([2H])[2H])c([2H])c(S(C)(=O)=O)c1[2H].[2H]c1c([2H])c([C@@]2([2H])C([2H])([2H])N(CCC)C([2H])([2H])C([2H])([2H])C2([2H])[2H])c([2H])c(S(=O)(=O)C([2H])([2H])[2H])c1[2H].[2H]c1c([2H])c([C@@]2([2H])C([2H])([2H])N(CCC)C([2H])([2H])C([2H])([2H])C2([2H])[2H])c([2H])c(S(C)(=O)=O)c1[2H]. The van der Waals surface area contributed by atoms with Gasteiger partial charge < -0.3 is 29.4 Å². The largest absolute Gasteiger partial charge is 0.303 e. The lowest BCUT2D eigenvalue weighted by Gasteiger charge is -2.32. The fraction of sp³-hybridized carbons (Fsp3) is 0.600. The van der Waals surface area contributed by atoms with Crippen molar-refractivity contribution in [3.63, 3.8) is 0 Å². The highest BCUT2D eigenvalue weighted by atomic mass is 32.2. The molecule has 0 saturated carbocycles. The fourth-order valence-electron chi connectivity index (χ4n) is 9.78. The summed E-state index contributed by atoms with van der Waals surface area (Å²) in [5, 5.41) is 0. The van der Waals surface area contributed by atoms with Crippen molar-refractivity contribution < 1.29 is 162 Å². The van der Waals surface area contributed by atoms with Gasteiger partial charge in [0.05, 0.1) is 62.3 Å². The number of hydrogen-bond donors (Lipinski definition) is 0. The van der Waals surface area contributed by atoms with Crippen molar-refractivity contribution in [1.82, 2.24) is 29.4 Å². The summed E-state index contributed by atoms with van der Waals surface area (Å²) in [7, 11) is -29.3. The van der Waals surface area contributed by atoms with Crippen LogP contribution in [0.5, 0.6) is 0 Å². The molecule has 6 aromatic carbocycles. The molecule has 636 valence electrons. The lowest BCUT2D eigenvalue weighted by molar-refractivity contribution is 0.208. The van der Waals surface area contributed by atoms with Crippen LogP contribution in [-0.4, -0.2) is 234 Å². The summed E-state index contributed by atoms with van der Waals surface area (Å²) in [6.45, 7) is -33.1. The molecule has 0 N–H and O–H groups in total. The smallest absolute Gasteiger partial charge is 0.175 e. The monoisotopic (exact) mass is 1770 g/mol. The summed E-state index contributed by atoms with van der Waals surface area (Å²) in [6, 6.07) is -27.0. The Kier molecular flexibility index (Phi) is 13.4. The molecule has 6 aliphatic rings. The molecule has 6 saturated heterocycles. The van der Waals surface area contributed by atoms with E-state index in [1.165, 1.54) is 25.7 Å². The summed E-state index contributed by atoms with van der Waals surface area (Å²) in [4.78, 5) is -5.21. The van der Waals surface area contributed by atoms with E-state index in [2.05, 4.69) is 0 Å². The maximum atomic E-state index is 12.7. The van der Waals surface area contributed by atoms with E-state index in [1.54, 1.807) is 11.8 Å². The van der Waals surface area contributed by atoms with Crippen LogP contribution < -0.4 is 0 Å². The third-order valence-corrected chi connectivity index (χ3v) is 19.8. The molecule has 6 aromatic rings. The van der Waals surface area contributed by atoms with Gasteiger partial charge in [-0.05, 0) is 335 Å². The van der Waals surface area contributed by atoms with Gasteiger partial charge in [-0.3, -0.25) is 0 Å². The second-order valence-corrected chi connectivity index (χ2v) is 33.9. The first-order valence-corrected chi connectivity index (χ1v) is 44.0. The van der Waals surface area contributed by atoms with Crippen LogP contribution in [0.3, 0.4) is 0 Å². The van der Waals surface area contributed by atoms with Crippen molar-refractivity contribution >= 4 is 59.0 Å². The minimum Gasteiger partial charge on any atom is -0.303 e. The highest BCUT2D eigenvalue weighted by molar-refractivity contribution is 7.92. The standard InChI is InChI=1S/6C15H23NO2S/c6*1-3-9-16-10-5-7-14(12-16)13-6-4-8-15(11-13)19(2,17)18/h6*4,6,8,11,14H,3,5,7,9-10,12H2,1-2H3/t6*14-/m111111/s1/i3D2,4D,5D2,6D,7D2,8D,9D2,10D2,11D,12D2,14D;4D,5D2,6D,7D2,8D,9D2,10D2,11D,12D2,14D;2D3,4D,5D2,6D,7D2,8D,10D2,11D,12D2,14D;4D,5D2,6D,7D2,8D,10D2,11D,12D2,14D;2D3,3D2,4D,6D,8D,9D2,11D;2D3,4D,6D,8D,9D2,11D. The van der Waals surface area contributed by atoms with Gasteiger partial charge in [0, 0.05) is 155 Å². The van der Waals surface area contributed by atoms with E-state index in [1.807, 2.05) is 0 Å². The highest BCUT2D eigenvalue weighted by Gasteiger charge is 2.29. The summed E-state index contributed by atoms with van der Waals surface area (Å²) in [6.07, 6.45) is -44.4. The normalized spacial score (nSPS) is 42.6. The Labute approximate surface area is 804 Å². The lowest BCUT2D eigenvalue weighted by Crippen LogP contribution is -2.34. The first kappa shape index (κ1) is 33.0. The van der Waals surface area contributed by atoms with Crippen LogP contribution in [0.2, 0.25) is 0 Å². The van der Waals surface area contributed by atoms with E-state index in [-0.39, 0.29) is 59.8 Å². The molecule has 6 aliphatic heterocycles. The minimum absolute atomic E-state index is 0.0102. The number of hydrogen-bond acceptors (Lipinski definition) is 18. The molecule has 0 unspecified atom stereocenters. The van der Waals surface area contributed by atoms with Gasteiger partial charge in [-0.25, -0.2) is 50.5 Å². The van der Waals surface area contributed by atoms with E-state index in [0.29, 0.717) is 62.8 Å². The summed E-state index contributed by atoms with van der Waals surface area (Å²) in [5.41, 5.74) is -6.04. The van der Waals surface area contributed by atoms with Gasteiger partial charge in [-0.15, -0.1) is 0 Å². The second kappa shape index (κ2) is 46.4. The topological polar surface area (TPSA) is 224 Å². The number of piperidine rings is 6. The highest BCUT2D eigenvalue weighted by Crippen LogP contribution is 2.35. The summed E-state index contributed by atoms with van der Waals surface area (Å²) in [5.74, 6) is -16.7. The number of rotatable bonds is 24. The van der Waals surface area contributed by atoms with Gasteiger partial charge in [-0.2, -0.15) is 0 Å². The average Bonchev–Trinajstić information content (AvgIpc) is 0.728. The van der Waals surface area contributed by atoms with Crippen LogP contribution in [0.1, 0.15) is 336 Å². The first-order chi connectivity index (χ1) is 85.7. The molecule has 0 bridgehead atoms. The average molecular weight is 1770 g/mol. The molecule has 0 radical (unpaired) electrons. The van der Waals surface area contributed by atoms with Crippen LogP contribution in [0, 0.1) is 0 Å². The van der Waals surface area contributed by atoms with Gasteiger partial charge in [0.15, 0.2) is 59.0 Å². The van der Waals surface area contributed by atoms with Gasteiger partial charge in [-0.1, -0.05) is 114 Å². The number of likely N-dealkylation sites (tertiary alicyclic amines) is 6. The number of benzene rings is 6. The molecular formula is C90H138N6O12S6. The number of nitrogens with zero attached hydrogens (tertiary/aromatic N) is 6. The first-order valence-electron chi connectivity index (χ1n) is 74.4. The van der Waals surface area contributed by atoms with Crippen LogP contribution >= 0.6 is 0 Å². The van der Waals surface area contributed by atoms with Crippen molar-refractivity contribution in [2.45, 2.75) is 221 Å².